The number of methoxy groups -OCH3 is 1. The zero-order chi connectivity index (χ0) is 17.4. The van der Waals surface area contributed by atoms with Crippen LogP contribution in [0.25, 0.3) is 0 Å². The normalized spacial score (nSPS) is 51.0. The molecule has 130 valence electrons. The van der Waals surface area contributed by atoms with Crippen molar-refractivity contribution in [1.82, 2.24) is 0 Å². The number of ether oxygens (including phenoxy) is 2. The van der Waals surface area contributed by atoms with Gasteiger partial charge in [0.25, 0.3) is 0 Å². The molecule has 0 unspecified atom stereocenters. The third-order valence-electron chi connectivity index (χ3n) is 6.59. The highest BCUT2D eigenvalue weighted by atomic mass is 79.9. The van der Waals surface area contributed by atoms with Crippen molar-refractivity contribution < 1.29 is 14.3 Å². The van der Waals surface area contributed by atoms with Crippen LogP contribution >= 0.6 is 43.5 Å². The molecular formula is C17H23Br2ClO3. The van der Waals surface area contributed by atoms with E-state index in [1.807, 2.05) is 6.92 Å². The van der Waals surface area contributed by atoms with Gasteiger partial charge in [-0.25, -0.2) is 0 Å². The van der Waals surface area contributed by atoms with Crippen LogP contribution in [0.5, 0.6) is 0 Å². The Kier molecular flexibility index (Phi) is 4.13. The zero-order valence-electron chi connectivity index (χ0n) is 14.1. The highest BCUT2D eigenvalue weighted by molar-refractivity contribution is 9.11. The van der Waals surface area contributed by atoms with Gasteiger partial charge < -0.3 is 9.47 Å². The van der Waals surface area contributed by atoms with Crippen LogP contribution in [-0.2, 0) is 14.3 Å². The van der Waals surface area contributed by atoms with E-state index >= 15 is 0 Å². The minimum atomic E-state index is -0.491. The van der Waals surface area contributed by atoms with E-state index in [0.717, 1.165) is 10.9 Å². The molecule has 0 N–H and O–H groups in total. The van der Waals surface area contributed by atoms with Crippen molar-refractivity contribution in [1.29, 1.82) is 0 Å². The molecule has 1 saturated heterocycles. The lowest BCUT2D eigenvalue weighted by molar-refractivity contribution is -0.165. The van der Waals surface area contributed by atoms with Crippen LogP contribution in [0.1, 0.15) is 40.5 Å². The number of rotatable bonds is 1. The van der Waals surface area contributed by atoms with Gasteiger partial charge in [-0.2, -0.15) is 0 Å². The molecule has 0 amide bonds. The number of halogens is 3. The minimum absolute atomic E-state index is 0.0384. The number of epoxide rings is 1. The molecule has 0 radical (unpaired) electrons. The monoisotopic (exact) mass is 468 g/mol. The Labute approximate surface area is 159 Å². The molecule has 1 heterocycles. The summed E-state index contributed by atoms with van der Waals surface area (Å²) in [5.74, 6) is -0.503. The Hall–Kier alpha value is 0.420. The first-order chi connectivity index (χ1) is 10.4. The summed E-state index contributed by atoms with van der Waals surface area (Å²) in [5, 5.41) is 0. The molecule has 3 rings (SSSR count). The maximum Gasteiger partial charge on any atom is 0.309 e. The van der Waals surface area contributed by atoms with Gasteiger partial charge in [-0.15, -0.1) is 11.6 Å². The fourth-order valence-electron chi connectivity index (χ4n) is 4.96. The number of carbonyl (C=O) groups excluding carboxylic acids is 1. The Morgan fingerprint density at radius 2 is 1.96 bits per heavy atom. The zero-order valence-corrected chi connectivity index (χ0v) is 18.0. The summed E-state index contributed by atoms with van der Waals surface area (Å²) in [6, 6.07) is 0. The maximum absolute atomic E-state index is 12.7. The van der Waals surface area contributed by atoms with Gasteiger partial charge in [0, 0.05) is 20.1 Å². The molecule has 0 bridgehead atoms. The summed E-state index contributed by atoms with van der Waals surface area (Å²) in [7, 11) is 1.45. The molecule has 6 heteroatoms. The number of allylic oxidation sites excluding steroid dienone is 1. The lowest BCUT2D eigenvalue weighted by Crippen LogP contribution is -2.64. The second-order valence-corrected chi connectivity index (χ2v) is 10.8. The molecule has 1 saturated carbocycles. The Bertz CT molecular complexity index is 588. The summed E-state index contributed by atoms with van der Waals surface area (Å²) < 4.78 is 12.4. The van der Waals surface area contributed by atoms with E-state index in [1.165, 1.54) is 7.11 Å². The summed E-state index contributed by atoms with van der Waals surface area (Å²) in [5.41, 5.74) is -1.01. The van der Waals surface area contributed by atoms with Gasteiger partial charge >= 0.3 is 5.97 Å². The fraction of sp³-hybridized carbons (Fsp3) is 0.824. The molecule has 0 aromatic heterocycles. The molecule has 6 atom stereocenters. The lowest BCUT2D eigenvalue weighted by Gasteiger charge is -2.60. The summed E-state index contributed by atoms with van der Waals surface area (Å²) in [4.78, 5) is 12.4. The highest BCUT2D eigenvalue weighted by Gasteiger charge is 2.78. The fourth-order valence-corrected chi connectivity index (χ4v) is 6.48. The van der Waals surface area contributed by atoms with Crippen LogP contribution in [0.4, 0.5) is 0 Å². The first-order valence-corrected chi connectivity index (χ1v) is 9.99. The van der Waals surface area contributed by atoms with E-state index in [-0.39, 0.29) is 39.2 Å². The third-order valence-corrected chi connectivity index (χ3v) is 9.86. The van der Waals surface area contributed by atoms with Crippen molar-refractivity contribution in [3.05, 3.63) is 10.6 Å². The molecule has 1 aliphatic heterocycles. The first kappa shape index (κ1) is 18.2. The number of carbonyl (C=O) groups is 1. The Morgan fingerprint density at radius 1 is 1.35 bits per heavy atom. The predicted molar refractivity (Wildman–Crippen MR) is 98.2 cm³/mol. The molecule has 23 heavy (non-hydrogen) atoms. The standard InChI is InChI=1S/C17H23Br2ClO3/c1-14(2)10(18)6-12-16(4,23-12)17(14)8-11(19)15(3,20)7-9(17)13(21)22-5/h6,9,11-12H,7-8H2,1-5H3/t9-,11+,12-,15+,16-,17+/m1/s1. The van der Waals surface area contributed by atoms with Crippen LogP contribution in [0.3, 0.4) is 0 Å². The van der Waals surface area contributed by atoms with Crippen molar-refractivity contribution in [2.45, 2.75) is 61.9 Å². The van der Waals surface area contributed by atoms with Crippen LogP contribution in [-0.4, -0.2) is 34.5 Å². The number of esters is 1. The van der Waals surface area contributed by atoms with E-state index in [9.17, 15) is 4.79 Å². The molecular weight excluding hydrogens is 447 g/mol. The van der Waals surface area contributed by atoms with E-state index in [0.29, 0.717) is 6.42 Å². The predicted octanol–water partition coefficient (Wildman–Crippen LogP) is 4.79. The number of hydrogen-bond donors (Lipinski definition) is 0. The number of hydrogen-bond acceptors (Lipinski definition) is 3. The average Bonchev–Trinajstić information content (AvgIpc) is 3.11. The van der Waals surface area contributed by atoms with Gasteiger partial charge in [0.2, 0.25) is 0 Å². The second kappa shape index (κ2) is 5.21. The van der Waals surface area contributed by atoms with Gasteiger partial charge in [-0.3, -0.25) is 4.79 Å². The topological polar surface area (TPSA) is 38.8 Å². The van der Waals surface area contributed by atoms with Crippen molar-refractivity contribution in [3.63, 3.8) is 0 Å². The van der Waals surface area contributed by atoms with E-state index in [2.05, 4.69) is 58.7 Å². The number of alkyl halides is 2. The van der Waals surface area contributed by atoms with Crippen LogP contribution in [0.15, 0.2) is 10.6 Å². The van der Waals surface area contributed by atoms with E-state index in [4.69, 9.17) is 21.1 Å². The van der Waals surface area contributed by atoms with Gasteiger partial charge in [-0.1, -0.05) is 45.7 Å². The molecule has 0 aromatic rings. The quantitative estimate of drug-likeness (QED) is 0.314. The smallest absolute Gasteiger partial charge is 0.309 e. The highest BCUT2D eigenvalue weighted by Crippen LogP contribution is 2.73. The first-order valence-electron chi connectivity index (χ1n) is 7.90. The average molecular weight is 471 g/mol. The lowest BCUT2D eigenvalue weighted by atomic mass is 9.45. The summed E-state index contributed by atoms with van der Waals surface area (Å²) >= 11 is 14.3. The van der Waals surface area contributed by atoms with Gasteiger partial charge in [-0.05, 0) is 32.8 Å². The van der Waals surface area contributed by atoms with E-state index < -0.39 is 4.87 Å². The van der Waals surface area contributed by atoms with Crippen molar-refractivity contribution in [3.8, 4) is 0 Å². The van der Waals surface area contributed by atoms with Crippen LogP contribution < -0.4 is 0 Å². The molecule has 2 fully saturated rings. The molecule has 1 spiro atoms. The van der Waals surface area contributed by atoms with Gasteiger partial charge in [0.05, 0.1) is 17.9 Å². The number of fused-ring (bicyclic) bond motifs is 2. The second-order valence-electron chi connectivity index (χ2n) is 7.99. The van der Waals surface area contributed by atoms with Crippen molar-refractivity contribution in [2.75, 3.05) is 7.11 Å². The summed E-state index contributed by atoms with van der Waals surface area (Å²) in [6.45, 7) is 8.49. The summed E-state index contributed by atoms with van der Waals surface area (Å²) in [6.07, 6.45) is 3.50. The van der Waals surface area contributed by atoms with Gasteiger partial charge in [0.15, 0.2) is 0 Å². The van der Waals surface area contributed by atoms with Crippen LogP contribution in [0, 0.1) is 16.7 Å². The molecule has 3 aliphatic rings. The van der Waals surface area contributed by atoms with Crippen LogP contribution in [0.2, 0.25) is 0 Å². The molecule has 3 nitrogen and oxygen atoms in total. The van der Waals surface area contributed by atoms with Gasteiger partial charge in [0.1, 0.15) is 11.7 Å². The third kappa shape index (κ3) is 2.18. The Morgan fingerprint density at radius 3 is 2.52 bits per heavy atom. The molecule has 0 aromatic carbocycles. The maximum atomic E-state index is 12.7. The molecule has 2 aliphatic carbocycles. The van der Waals surface area contributed by atoms with Crippen molar-refractivity contribution in [2.24, 2.45) is 16.7 Å². The van der Waals surface area contributed by atoms with E-state index in [1.54, 1.807) is 0 Å². The largest absolute Gasteiger partial charge is 0.469 e. The SMILES string of the molecule is COC(=O)[C@H]1C[C@](C)(Cl)[C@@H](Br)C[C@@]12C(C)(C)C(Br)=C[C@H]1O[C@]12C. The minimum Gasteiger partial charge on any atom is -0.469 e. The van der Waals surface area contributed by atoms with Crippen molar-refractivity contribution >= 4 is 49.4 Å². The Balaban J connectivity index is 2.20.